The minimum absolute atomic E-state index is 0.0203. The number of carbonyl (C=O) groups excluding carboxylic acids is 1. The first-order valence-electron chi connectivity index (χ1n) is 11.3. The zero-order chi connectivity index (χ0) is 22.3. The number of hydrogen-bond acceptors (Lipinski definition) is 5. The molecule has 0 spiro atoms. The van der Waals surface area contributed by atoms with Gasteiger partial charge < -0.3 is 19.4 Å². The first-order valence-corrected chi connectivity index (χ1v) is 11.3. The molecule has 32 heavy (non-hydrogen) atoms. The standard InChI is InChI=1S/C25H32N4O3/c1-19(2)23(28-12-14-31-15-13-28)16-26-25(30)17-29-22-11-7-6-10-21(22)27-24(29)18-32-20-8-4-3-5-9-20/h3-11,19,23H,12-18H2,1-2H3,(H,26,30)/t23-/m0/s1. The van der Waals surface area contributed by atoms with Crippen LogP contribution in [0.4, 0.5) is 0 Å². The van der Waals surface area contributed by atoms with Gasteiger partial charge in [-0.05, 0) is 30.2 Å². The van der Waals surface area contributed by atoms with Gasteiger partial charge >= 0.3 is 0 Å². The van der Waals surface area contributed by atoms with Crippen LogP contribution in [-0.2, 0) is 22.7 Å². The largest absolute Gasteiger partial charge is 0.486 e. The van der Waals surface area contributed by atoms with E-state index in [1.54, 1.807) is 0 Å². The van der Waals surface area contributed by atoms with Crippen LogP contribution in [0.2, 0.25) is 0 Å². The molecule has 0 unspecified atom stereocenters. The molecular formula is C25H32N4O3. The summed E-state index contributed by atoms with van der Waals surface area (Å²) >= 11 is 0. The maximum atomic E-state index is 12.9. The van der Waals surface area contributed by atoms with Gasteiger partial charge in [-0.3, -0.25) is 9.69 Å². The van der Waals surface area contributed by atoms with Crippen molar-refractivity contribution in [3.8, 4) is 5.75 Å². The van der Waals surface area contributed by atoms with Crippen molar-refractivity contribution in [2.24, 2.45) is 5.92 Å². The molecule has 1 aliphatic rings. The molecule has 1 atom stereocenters. The lowest BCUT2D eigenvalue weighted by Gasteiger charge is -2.36. The Labute approximate surface area is 189 Å². The summed E-state index contributed by atoms with van der Waals surface area (Å²) in [5, 5.41) is 3.15. The molecule has 1 amide bonds. The average molecular weight is 437 g/mol. The number of morpholine rings is 1. The lowest BCUT2D eigenvalue weighted by molar-refractivity contribution is -0.122. The Balaban J connectivity index is 1.44. The minimum atomic E-state index is -0.0203. The molecule has 7 heteroatoms. The Hall–Kier alpha value is -2.90. The Morgan fingerprint density at radius 1 is 1.09 bits per heavy atom. The molecular weight excluding hydrogens is 404 g/mol. The summed E-state index contributed by atoms with van der Waals surface area (Å²) in [6, 6.07) is 17.8. The third-order valence-corrected chi connectivity index (χ3v) is 5.94. The van der Waals surface area contributed by atoms with Crippen LogP contribution in [0.1, 0.15) is 19.7 Å². The molecule has 0 saturated carbocycles. The molecule has 2 aromatic carbocycles. The summed E-state index contributed by atoms with van der Waals surface area (Å²) in [6.45, 7) is 8.86. The third kappa shape index (κ3) is 5.47. The van der Waals surface area contributed by atoms with Gasteiger partial charge in [0.1, 0.15) is 24.7 Å². The number of nitrogens with zero attached hydrogens (tertiary/aromatic N) is 3. The Morgan fingerprint density at radius 2 is 1.81 bits per heavy atom. The molecule has 0 radical (unpaired) electrons. The van der Waals surface area contributed by atoms with Gasteiger partial charge in [-0.2, -0.15) is 0 Å². The molecule has 170 valence electrons. The van der Waals surface area contributed by atoms with Crippen molar-refractivity contribution < 1.29 is 14.3 Å². The van der Waals surface area contributed by atoms with Crippen LogP contribution in [0.3, 0.4) is 0 Å². The number of carbonyl (C=O) groups is 1. The monoisotopic (exact) mass is 436 g/mol. The number of aromatic nitrogens is 2. The second-order valence-electron chi connectivity index (χ2n) is 8.47. The molecule has 7 nitrogen and oxygen atoms in total. The number of rotatable bonds is 9. The number of amides is 1. The van der Waals surface area contributed by atoms with Crippen LogP contribution in [0.5, 0.6) is 5.75 Å². The number of nitrogens with one attached hydrogen (secondary N) is 1. The highest BCUT2D eigenvalue weighted by Gasteiger charge is 2.24. The van der Waals surface area contributed by atoms with Crippen molar-refractivity contribution in [2.75, 3.05) is 32.8 Å². The fourth-order valence-corrected chi connectivity index (χ4v) is 4.19. The zero-order valence-electron chi connectivity index (χ0n) is 18.9. The van der Waals surface area contributed by atoms with Crippen molar-refractivity contribution in [2.45, 2.75) is 33.0 Å². The van der Waals surface area contributed by atoms with Crippen molar-refractivity contribution in [3.05, 3.63) is 60.4 Å². The first-order chi connectivity index (χ1) is 15.6. The van der Waals surface area contributed by atoms with Gasteiger partial charge in [-0.1, -0.05) is 44.2 Å². The van der Waals surface area contributed by atoms with E-state index in [-0.39, 0.29) is 12.5 Å². The van der Waals surface area contributed by atoms with E-state index in [0.29, 0.717) is 25.1 Å². The summed E-state index contributed by atoms with van der Waals surface area (Å²) in [6.07, 6.45) is 0. The van der Waals surface area contributed by atoms with E-state index in [4.69, 9.17) is 14.5 Å². The predicted octanol–water partition coefficient (Wildman–Crippen LogP) is 3.09. The highest BCUT2D eigenvalue weighted by molar-refractivity contribution is 5.81. The summed E-state index contributed by atoms with van der Waals surface area (Å²) < 4.78 is 13.4. The van der Waals surface area contributed by atoms with Crippen LogP contribution in [0, 0.1) is 5.92 Å². The van der Waals surface area contributed by atoms with Crippen molar-refractivity contribution in [3.63, 3.8) is 0 Å². The van der Waals surface area contributed by atoms with E-state index in [0.717, 1.165) is 48.9 Å². The van der Waals surface area contributed by atoms with Crippen LogP contribution < -0.4 is 10.1 Å². The first kappa shape index (κ1) is 22.3. The maximum Gasteiger partial charge on any atom is 0.240 e. The molecule has 1 N–H and O–H groups in total. The van der Waals surface area contributed by atoms with Crippen LogP contribution in [0.25, 0.3) is 11.0 Å². The van der Waals surface area contributed by atoms with Gasteiger partial charge in [-0.25, -0.2) is 4.98 Å². The molecule has 0 bridgehead atoms. The summed E-state index contributed by atoms with van der Waals surface area (Å²) in [5.41, 5.74) is 1.79. The minimum Gasteiger partial charge on any atom is -0.486 e. The number of para-hydroxylation sites is 3. The van der Waals surface area contributed by atoms with Crippen LogP contribution in [-0.4, -0.2) is 59.2 Å². The lowest BCUT2D eigenvalue weighted by atomic mass is 10.0. The molecule has 4 rings (SSSR count). The average Bonchev–Trinajstić information content (AvgIpc) is 3.16. The predicted molar refractivity (Wildman–Crippen MR) is 125 cm³/mol. The van der Waals surface area contributed by atoms with E-state index in [1.807, 2.05) is 59.2 Å². The Morgan fingerprint density at radius 3 is 2.56 bits per heavy atom. The molecule has 1 fully saturated rings. The molecule has 1 aliphatic heterocycles. The summed E-state index contributed by atoms with van der Waals surface area (Å²) in [7, 11) is 0. The topological polar surface area (TPSA) is 68.6 Å². The third-order valence-electron chi connectivity index (χ3n) is 5.94. The number of fused-ring (bicyclic) bond motifs is 1. The van der Waals surface area contributed by atoms with E-state index >= 15 is 0 Å². The fraction of sp³-hybridized carbons (Fsp3) is 0.440. The van der Waals surface area contributed by atoms with E-state index < -0.39 is 0 Å². The van der Waals surface area contributed by atoms with Crippen LogP contribution >= 0.6 is 0 Å². The quantitative estimate of drug-likeness (QED) is 0.558. The Bertz CT molecular complexity index is 1010. The second kappa shape index (κ2) is 10.6. The highest BCUT2D eigenvalue weighted by atomic mass is 16.5. The van der Waals surface area contributed by atoms with Gasteiger partial charge in [0.05, 0.1) is 24.2 Å². The van der Waals surface area contributed by atoms with Crippen LogP contribution in [0.15, 0.2) is 54.6 Å². The molecule has 1 saturated heterocycles. The molecule has 3 aromatic rings. The second-order valence-corrected chi connectivity index (χ2v) is 8.47. The summed E-state index contributed by atoms with van der Waals surface area (Å²) in [4.78, 5) is 20.1. The maximum absolute atomic E-state index is 12.9. The van der Waals surface area contributed by atoms with Crippen molar-refractivity contribution in [1.82, 2.24) is 19.8 Å². The van der Waals surface area contributed by atoms with E-state index in [1.165, 1.54) is 0 Å². The zero-order valence-corrected chi connectivity index (χ0v) is 18.9. The highest BCUT2D eigenvalue weighted by Crippen LogP contribution is 2.18. The molecule has 2 heterocycles. The Kier molecular flexibility index (Phi) is 7.39. The van der Waals surface area contributed by atoms with Gasteiger partial charge in [0.25, 0.3) is 0 Å². The van der Waals surface area contributed by atoms with E-state index in [9.17, 15) is 4.79 Å². The van der Waals surface area contributed by atoms with Crippen molar-refractivity contribution >= 4 is 16.9 Å². The smallest absolute Gasteiger partial charge is 0.240 e. The lowest BCUT2D eigenvalue weighted by Crippen LogP contribution is -2.51. The number of ether oxygens (including phenoxy) is 2. The number of hydrogen-bond donors (Lipinski definition) is 1. The van der Waals surface area contributed by atoms with Crippen molar-refractivity contribution in [1.29, 1.82) is 0 Å². The van der Waals surface area contributed by atoms with Gasteiger partial charge in [-0.15, -0.1) is 0 Å². The number of imidazole rings is 1. The molecule has 1 aromatic heterocycles. The fourth-order valence-electron chi connectivity index (χ4n) is 4.19. The SMILES string of the molecule is CC(C)[C@H](CNC(=O)Cn1c(COc2ccccc2)nc2ccccc21)N1CCOCC1. The van der Waals surface area contributed by atoms with E-state index in [2.05, 4.69) is 24.1 Å². The van der Waals surface area contributed by atoms with Gasteiger partial charge in [0, 0.05) is 25.7 Å². The number of benzene rings is 2. The normalized spacial score (nSPS) is 15.7. The van der Waals surface area contributed by atoms with Gasteiger partial charge in [0.2, 0.25) is 5.91 Å². The van der Waals surface area contributed by atoms with Gasteiger partial charge in [0.15, 0.2) is 0 Å². The molecule has 0 aliphatic carbocycles. The summed E-state index contributed by atoms with van der Waals surface area (Å²) in [5.74, 6) is 1.94.